The fourth-order valence-electron chi connectivity index (χ4n) is 1.30. The van der Waals surface area contributed by atoms with Gasteiger partial charge in [0.15, 0.2) is 0 Å². The molecule has 0 rings (SSSR count). The van der Waals surface area contributed by atoms with Crippen LogP contribution in [0.15, 0.2) is 25.3 Å². The number of aliphatic hydroxyl groups is 1. The van der Waals surface area contributed by atoms with Crippen LogP contribution in [-0.2, 0) is 9.53 Å². The van der Waals surface area contributed by atoms with Crippen LogP contribution in [0.1, 0.15) is 32.6 Å². The highest BCUT2D eigenvalue weighted by atomic mass is 16.6. The molecule has 0 aromatic carbocycles. The van der Waals surface area contributed by atoms with Crippen molar-refractivity contribution in [2.45, 2.75) is 44.8 Å². The van der Waals surface area contributed by atoms with Crippen LogP contribution in [0.2, 0.25) is 0 Å². The number of allylic oxidation sites excluding steroid dienone is 2. The normalized spacial score (nSPS) is 14.0. The van der Waals surface area contributed by atoms with Crippen LogP contribution in [-0.4, -0.2) is 23.3 Å². The molecular weight excluding hydrogens is 192 g/mol. The minimum Gasteiger partial charge on any atom is -0.460 e. The van der Waals surface area contributed by atoms with Crippen LogP contribution in [0, 0.1) is 0 Å². The quantitative estimate of drug-likeness (QED) is 0.495. The summed E-state index contributed by atoms with van der Waals surface area (Å²) < 4.78 is 5.04. The van der Waals surface area contributed by atoms with Crippen molar-refractivity contribution in [2.75, 3.05) is 0 Å². The van der Waals surface area contributed by atoms with Gasteiger partial charge in [0.05, 0.1) is 6.10 Å². The summed E-state index contributed by atoms with van der Waals surface area (Å²) in [4.78, 5) is 10.8. The van der Waals surface area contributed by atoms with Gasteiger partial charge in [0.1, 0.15) is 6.10 Å². The van der Waals surface area contributed by atoms with Crippen molar-refractivity contribution in [1.29, 1.82) is 0 Å². The Bertz CT molecular complexity index is 211. The Hall–Kier alpha value is -1.09. The summed E-state index contributed by atoms with van der Waals surface area (Å²) in [6.07, 6.45) is 5.06. The predicted octanol–water partition coefficient (Wildman–Crippen LogP) is 2.21. The summed E-state index contributed by atoms with van der Waals surface area (Å²) in [5.41, 5.74) is 0. The molecule has 0 spiro atoms. The molecule has 0 aliphatic rings. The Balaban J connectivity index is 4.11. The van der Waals surface area contributed by atoms with E-state index < -0.39 is 12.2 Å². The van der Waals surface area contributed by atoms with Crippen LogP contribution in [0.3, 0.4) is 0 Å². The highest BCUT2D eigenvalue weighted by molar-refractivity contribution is 5.66. The van der Waals surface area contributed by atoms with E-state index in [2.05, 4.69) is 13.2 Å². The zero-order valence-electron chi connectivity index (χ0n) is 9.32. The number of hydrogen-bond acceptors (Lipinski definition) is 3. The van der Waals surface area contributed by atoms with Crippen molar-refractivity contribution in [3.05, 3.63) is 25.3 Å². The van der Waals surface area contributed by atoms with Crippen molar-refractivity contribution < 1.29 is 14.6 Å². The van der Waals surface area contributed by atoms with E-state index in [0.717, 1.165) is 6.42 Å². The second-order valence-electron chi connectivity index (χ2n) is 3.45. The molecule has 3 nitrogen and oxygen atoms in total. The van der Waals surface area contributed by atoms with Gasteiger partial charge in [0.25, 0.3) is 0 Å². The predicted molar refractivity (Wildman–Crippen MR) is 60.4 cm³/mol. The molecule has 0 radical (unpaired) electrons. The van der Waals surface area contributed by atoms with Crippen LogP contribution < -0.4 is 0 Å². The van der Waals surface area contributed by atoms with Crippen LogP contribution >= 0.6 is 0 Å². The Labute approximate surface area is 91.4 Å². The first-order chi connectivity index (χ1) is 7.11. The van der Waals surface area contributed by atoms with Gasteiger partial charge in [-0.25, -0.2) is 0 Å². The lowest BCUT2D eigenvalue weighted by Crippen LogP contribution is -2.30. The fraction of sp³-hybridized carbons (Fsp3) is 0.583. The molecule has 0 heterocycles. The second kappa shape index (κ2) is 8.24. The number of carbonyl (C=O) groups is 1. The van der Waals surface area contributed by atoms with Gasteiger partial charge in [0, 0.05) is 6.92 Å². The SMILES string of the molecule is C=CCC[C@H](OC(C)=O)[C@@H](O)CCC=C. The zero-order chi connectivity index (χ0) is 11.7. The third kappa shape index (κ3) is 6.91. The third-order valence-electron chi connectivity index (χ3n) is 2.07. The van der Waals surface area contributed by atoms with Gasteiger partial charge in [-0.1, -0.05) is 12.2 Å². The first kappa shape index (κ1) is 13.9. The maximum absolute atomic E-state index is 10.8. The Morgan fingerprint density at radius 1 is 1.33 bits per heavy atom. The summed E-state index contributed by atoms with van der Waals surface area (Å²) in [6.45, 7) is 8.52. The lowest BCUT2D eigenvalue weighted by atomic mass is 10.0. The Morgan fingerprint density at radius 2 is 1.87 bits per heavy atom. The zero-order valence-corrected chi connectivity index (χ0v) is 9.32. The minimum atomic E-state index is -0.619. The summed E-state index contributed by atoms with van der Waals surface area (Å²) in [5, 5.41) is 9.76. The standard InChI is InChI=1S/C12H20O3/c1-4-6-8-11(14)12(9-7-5-2)15-10(3)13/h4-5,11-12,14H,1-2,6-9H2,3H3/t11-,12-/m0/s1. The molecule has 0 bridgehead atoms. The van der Waals surface area contributed by atoms with E-state index in [0.29, 0.717) is 19.3 Å². The van der Waals surface area contributed by atoms with Crippen molar-refractivity contribution in [1.82, 2.24) is 0 Å². The molecule has 0 fully saturated rings. The largest absolute Gasteiger partial charge is 0.460 e. The number of esters is 1. The average molecular weight is 212 g/mol. The van der Waals surface area contributed by atoms with E-state index in [4.69, 9.17) is 4.74 Å². The van der Waals surface area contributed by atoms with E-state index in [1.807, 2.05) is 0 Å². The van der Waals surface area contributed by atoms with Gasteiger partial charge in [0.2, 0.25) is 0 Å². The van der Waals surface area contributed by atoms with E-state index >= 15 is 0 Å². The highest BCUT2D eigenvalue weighted by Crippen LogP contribution is 2.13. The number of ether oxygens (including phenoxy) is 1. The highest BCUT2D eigenvalue weighted by Gasteiger charge is 2.20. The van der Waals surface area contributed by atoms with Crippen molar-refractivity contribution in [3.8, 4) is 0 Å². The van der Waals surface area contributed by atoms with Gasteiger partial charge in [-0.05, 0) is 25.7 Å². The number of rotatable bonds is 8. The number of carbonyl (C=O) groups excluding carboxylic acids is 1. The van der Waals surface area contributed by atoms with Crippen molar-refractivity contribution >= 4 is 5.97 Å². The molecule has 0 aromatic rings. The summed E-state index contributed by atoms with van der Waals surface area (Å²) in [5.74, 6) is -0.360. The lowest BCUT2D eigenvalue weighted by molar-refractivity contribution is -0.152. The summed E-state index contributed by atoms with van der Waals surface area (Å²) in [7, 11) is 0. The molecule has 15 heavy (non-hydrogen) atoms. The van der Waals surface area contributed by atoms with Gasteiger partial charge in [-0.3, -0.25) is 4.79 Å². The monoisotopic (exact) mass is 212 g/mol. The first-order valence-corrected chi connectivity index (χ1v) is 5.18. The first-order valence-electron chi connectivity index (χ1n) is 5.18. The van der Waals surface area contributed by atoms with E-state index in [-0.39, 0.29) is 5.97 Å². The Kier molecular flexibility index (Phi) is 7.64. The molecule has 0 amide bonds. The Morgan fingerprint density at radius 3 is 2.33 bits per heavy atom. The van der Waals surface area contributed by atoms with Gasteiger partial charge in [-0.15, -0.1) is 13.2 Å². The lowest BCUT2D eigenvalue weighted by Gasteiger charge is -2.21. The molecule has 0 aromatic heterocycles. The molecule has 3 heteroatoms. The van der Waals surface area contributed by atoms with Gasteiger partial charge in [-0.2, -0.15) is 0 Å². The molecule has 2 atom stereocenters. The maximum atomic E-state index is 10.8. The number of aliphatic hydroxyl groups excluding tert-OH is 1. The molecule has 1 N–H and O–H groups in total. The molecular formula is C12H20O3. The minimum absolute atomic E-state index is 0.360. The van der Waals surface area contributed by atoms with Crippen molar-refractivity contribution in [3.63, 3.8) is 0 Å². The second-order valence-corrected chi connectivity index (χ2v) is 3.45. The fourth-order valence-corrected chi connectivity index (χ4v) is 1.30. The molecule has 0 aliphatic carbocycles. The number of hydrogen-bond donors (Lipinski definition) is 1. The maximum Gasteiger partial charge on any atom is 0.302 e. The van der Waals surface area contributed by atoms with Crippen LogP contribution in [0.5, 0.6) is 0 Å². The van der Waals surface area contributed by atoms with Crippen LogP contribution in [0.4, 0.5) is 0 Å². The smallest absolute Gasteiger partial charge is 0.302 e. The summed E-state index contributed by atoms with van der Waals surface area (Å²) >= 11 is 0. The molecule has 0 saturated heterocycles. The van der Waals surface area contributed by atoms with E-state index in [1.165, 1.54) is 6.92 Å². The van der Waals surface area contributed by atoms with E-state index in [1.54, 1.807) is 12.2 Å². The molecule has 86 valence electrons. The summed E-state index contributed by atoms with van der Waals surface area (Å²) in [6, 6.07) is 0. The molecule has 0 aliphatic heterocycles. The van der Waals surface area contributed by atoms with Crippen molar-refractivity contribution in [2.24, 2.45) is 0 Å². The van der Waals surface area contributed by atoms with Crippen LogP contribution in [0.25, 0.3) is 0 Å². The van der Waals surface area contributed by atoms with E-state index in [9.17, 15) is 9.90 Å². The molecule has 0 saturated carbocycles. The average Bonchev–Trinajstić information content (AvgIpc) is 2.20. The topological polar surface area (TPSA) is 46.5 Å². The van der Waals surface area contributed by atoms with Gasteiger partial charge < -0.3 is 9.84 Å². The molecule has 0 unspecified atom stereocenters. The van der Waals surface area contributed by atoms with Gasteiger partial charge >= 0.3 is 5.97 Å². The third-order valence-corrected chi connectivity index (χ3v) is 2.07.